The van der Waals surface area contributed by atoms with Gasteiger partial charge in [-0.05, 0) is 60.2 Å². The van der Waals surface area contributed by atoms with Gasteiger partial charge in [0.2, 0.25) is 0 Å². The van der Waals surface area contributed by atoms with Crippen LogP contribution in [0.2, 0.25) is 10.0 Å². The Labute approximate surface area is 201 Å². The molecule has 1 aromatic carbocycles. The molecule has 0 aliphatic carbocycles. The zero-order valence-electron chi connectivity index (χ0n) is 16.8. The van der Waals surface area contributed by atoms with Gasteiger partial charge in [0.25, 0.3) is 0 Å². The molecule has 0 spiro atoms. The van der Waals surface area contributed by atoms with Crippen molar-refractivity contribution >= 4 is 40.5 Å². The van der Waals surface area contributed by atoms with Crippen LogP contribution in [0.5, 0.6) is 0 Å². The third kappa shape index (κ3) is 3.97. The first kappa shape index (κ1) is 20.9. The van der Waals surface area contributed by atoms with Crippen molar-refractivity contribution in [3.05, 3.63) is 106 Å². The van der Waals surface area contributed by atoms with E-state index in [2.05, 4.69) is 20.2 Å². The van der Waals surface area contributed by atoms with Crippen LogP contribution in [0.1, 0.15) is 29.1 Å². The third-order valence-electron chi connectivity index (χ3n) is 5.41. The number of benzene rings is 1. The molecule has 0 radical (unpaired) electrons. The molecule has 1 fully saturated rings. The summed E-state index contributed by atoms with van der Waals surface area (Å²) in [6.45, 7) is 0.585. The quantitative estimate of drug-likeness (QED) is 0.342. The van der Waals surface area contributed by atoms with Gasteiger partial charge in [-0.1, -0.05) is 41.4 Å². The lowest BCUT2D eigenvalue weighted by molar-refractivity contribution is 0.269. The molecular weight excluding hydrogens is 463 g/mol. The third-order valence-corrected chi connectivity index (χ3v) is 6.58. The van der Waals surface area contributed by atoms with E-state index in [0.717, 1.165) is 22.6 Å². The molecule has 1 aliphatic rings. The van der Waals surface area contributed by atoms with Crippen molar-refractivity contribution in [1.29, 1.82) is 0 Å². The lowest BCUT2D eigenvalue weighted by Crippen LogP contribution is -2.29. The summed E-state index contributed by atoms with van der Waals surface area (Å²) in [6.07, 6.45) is 5.37. The fraction of sp³-hybridized carbons (Fsp3) is 0.125. The van der Waals surface area contributed by atoms with Gasteiger partial charge in [0.1, 0.15) is 17.6 Å². The first-order valence-electron chi connectivity index (χ1n) is 10.0. The number of nitrogens with one attached hydrogen (secondary N) is 1. The number of pyridine rings is 2. The maximum absolute atomic E-state index is 6.43. The molecule has 4 heterocycles. The summed E-state index contributed by atoms with van der Waals surface area (Å²) in [7, 11) is 0. The molecule has 0 saturated carbocycles. The van der Waals surface area contributed by atoms with Crippen molar-refractivity contribution < 1.29 is 4.42 Å². The Bertz CT molecular complexity index is 1250. The lowest BCUT2D eigenvalue weighted by atomic mass is 10.0. The number of hydrogen-bond acceptors (Lipinski definition) is 4. The Morgan fingerprint density at radius 1 is 1.00 bits per heavy atom. The average Bonchev–Trinajstić information content (AvgIpc) is 3.42. The Hall–Kier alpha value is -2.93. The highest BCUT2D eigenvalue weighted by Crippen LogP contribution is 2.42. The number of aromatic nitrogens is 2. The highest BCUT2D eigenvalue weighted by molar-refractivity contribution is 7.80. The maximum Gasteiger partial charge on any atom is 0.170 e. The normalized spacial score (nSPS) is 18.1. The van der Waals surface area contributed by atoms with Gasteiger partial charge in [-0.3, -0.25) is 9.97 Å². The van der Waals surface area contributed by atoms with E-state index in [1.54, 1.807) is 18.5 Å². The van der Waals surface area contributed by atoms with Gasteiger partial charge in [0, 0.05) is 30.7 Å². The molecule has 8 heteroatoms. The van der Waals surface area contributed by atoms with Crippen LogP contribution in [0.15, 0.2) is 83.7 Å². The standard InChI is InChI=1S/C24H18Cl2N4OS/c25-17-7-3-6-16(21(17)26)19-9-10-20(31-19)23-22(18-8-1-2-12-28-18)29-24(32)30(23)14-15-5-4-11-27-13-15/h1-13,22-23H,14H2,(H,29,32). The number of hydrogen-bond donors (Lipinski definition) is 1. The van der Waals surface area contributed by atoms with Crippen LogP contribution in [0.25, 0.3) is 11.3 Å². The SMILES string of the molecule is S=C1NC(c2ccccn2)C(c2ccc(-c3cccc(Cl)c3Cl)o2)N1Cc1cccnc1. The van der Waals surface area contributed by atoms with Gasteiger partial charge in [-0.25, -0.2) is 0 Å². The Morgan fingerprint density at radius 2 is 1.91 bits per heavy atom. The van der Waals surface area contributed by atoms with E-state index in [1.165, 1.54) is 0 Å². The van der Waals surface area contributed by atoms with Crippen LogP contribution in [0.4, 0.5) is 0 Å². The van der Waals surface area contributed by atoms with Gasteiger partial charge < -0.3 is 14.6 Å². The molecule has 4 aromatic rings. The smallest absolute Gasteiger partial charge is 0.170 e. The molecule has 3 aromatic heterocycles. The molecule has 0 bridgehead atoms. The highest BCUT2D eigenvalue weighted by atomic mass is 35.5. The van der Waals surface area contributed by atoms with Gasteiger partial charge in [0.05, 0.1) is 21.8 Å². The van der Waals surface area contributed by atoms with E-state index in [-0.39, 0.29) is 12.1 Å². The minimum absolute atomic E-state index is 0.172. The average molecular weight is 481 g/mol. The van der Waals surface area contributed by atoms with E-state index < -0.39 is 0 Å². The van der Waals surface area contributed by atoms with Gasteiger partial charge >= 0.3 is 0 Å². The zero-order valence-corrected chi connectivity index (χ0v) is 19.1. The number of rotatable bonds is 5. The van der Waals surface area contributed by atoms with E-state index in [4.69, 9.17) is 39.8 Å². The molecule has 2 atom stereocenters. The molecule has 1 saturated heterocycles. The summed E-state index contributed by atoms with van der Waals surface area (Å²) in [5, 5.41) is 5.00. The monoisotopic (exact) mass is 480 g/mol. The number of halogens is 2. The summed E-state index contributed by atoms with van der Waals surface area (Å²) >= 11 is 18.4. The number of furan rings is 1. The highest BCUT2D eigenvalue weighted by Gasteiger charge is 2.41. The van der Waals surface area contributed by atoms with E-state index in [1.807, 2.05) is 60.8 Å². The van der Waals surface area contributed by atoms with E-state index in [9.17, 15) is 0 Å². The topological polar surface area (TPSA) is 54.2 Å². The van der Waals surface area contributed by atoms with Gasteiger partial charge in [0.15, 0.2) is 5.11 Å². The first-order valence-corrected chi connectivity index (χ1v) is 11.2. The Kier molecular flexibility index (Phi) is 5.83. The van der Waals surface area contributed by atoms with Gasteiger partial charge in [-0.15, -0.1) is 0 Å². The maximum atomic E-state index is 6.43. The Balaban J connectivity index is 1.56. The molecular formula is C24H18Cl2N4OS. The molecule has 2 unspecified atom stereocenters. The second kappa shape index (κ2) is 8.90. The zero-order chi connectivity index (χ0) is 22.1. The molecule has 1 N–H and O–H groups in total. The van der Waals surface area contributed by atoms with E-state index in [0.29, 0.717) is 27.5 Å². The van der Waals surface area contributed by atoms with Crippen molar-refractivity contribution in [1.82, 2.24) is 20.2 Å². The van der Waals surface area contributed by atoms with Crippen LogP contribution in [-0.2, 0) is 6.54 Å². The first-order chi connectivity index (χ1) is 15.6. The largest absolute Gasteiger partial charge is 0.459 e. The van der Waals surface area contributed by atoms with Crippen molar-refractivity contribution in [2.75, 3.05) is 0 Å². The predicted octanol–water partition coefficient (Wildman–Crippen LogP) is 6.22. The van der Waals surface area contributed by atoms with Crippen LogP contribution in [0, 0.1) is 0 Å². The molecule has 0 amide bonds. The summed E-state index contributed by atoms with van der Waals surface area (Å²) in [5.74, 6) is 1.40. The van der Waals surface area contributed by atoms with Crippen LogP contribution in [-0.4, -0.2) is 20.0 Å². The molecule has 5 rings (SSSR count). The fourth-order valence-corrected chi connectivity index (χ4v) is 4.62. The second-order valence-electron chi connectivity index (χ2n) is 7.42. The van der Waals surface area contributed by atoms with Crippen LogP contribution < -0.4 is 5.32 Å². The van der Waals surface area contributed by atoms with Crippen molar-refractivity contribution in [2.45, 2.75) is 18.6 Å². The molecule has 5 nitrogen and oxygen atoms in total. The summed E-state index contributed by atoms with van der Waals surface area (Å²) in [5.41, 5.74) is 2.67. The van der Waals surface area contributed by atoms with Crippen molar-refractivity contribution in [3.8, 4) is 11.3 Å². The van der Waals surface area contributed by atoms with Crippen LogP contribution >= 0.6 is 35.4 Å². The Morgan fingerprint density at radius 3 is 2.69 bits per heavy atom. The van der Waals surface area contributed by atoms with Crippen molar-refractivity contribution in [2.24, 2.45) is 0 Å². The minimum atomic E-state index is -0.204. The predicted molar refractivity (Wildman–Crippen MR) is 129 cm³/mol. The molecule has 1 aliphatic heterocycles. The summed E-state index contributed by atoms with van der Waals surface area (Å²) in [4.78, 5) is 10.9. The fourth-order valence-electron chi connectivity index (χ4n) is 3.92. The van der Waals surface area contributed by atoms with Gasteiger partial charge in [-0.2, -0.15) is 0 Å². The minimum Gasteiger partial charge on any atom is -0.459 e. The van der Waals surface area contributed by atoms with E-state index >= 15 is 0 Å². The summed E-state index contributed by atoms with van der Waals surface area (Å²) in [6, 6.07) is 18.8. The number of nitrogens with zero attached hydrogens (tertiary/aromatic N) is 3. The van der Waals surface area contributed by atoms with Crippen molar-refractivity contribution in [3.63, 3.8) is 0 Å². The molecule has 160 valence electrons. The lowest BCUT2D eigenvalue weighted by Gasteiger charge is -2.26. The number of thiocarbonyl (C=S) groups is 1. The summed E-state index contributed by atoms with van der Waals surface area (Å²) < 4.78 is 6.33. The second-order valence-corrected chi connectivity index (χ2v) is 8.59. The van der Waals surface area contributed by atoms with Crippen LogP contribution in [0.3, 0.4) is 0 Å². The molecule has 32 heavy (non-hydrogen) atoms.